The van der Waals surface area contributed by atoms with Crippen molar-refractivity contribution in [2.45, 2.75) is 40.0 Å². The monoisotopic (exact) mass is 445 g/mol. The third-order valence-corrected chi connectivity index (χ3v) is 4.33. The fourth-order valence-corrected chi connectivity index (χ4v) is 2.88. The maximum Gasteiger partial charge on any atom is 0.193 e. The Morgan fingerprint density at radius 1 is 1.25 bits per heavy atom. The van der Waals surface area contributed by atoms with Crippen molar-refractivity contribution in [1.29, 1.82) is 0 Å². The van der Waals surface area contributed by atoms with Crippen molar-refractivity contribution in [2.75, 3.05) is 33.3 Å². The smallest absolute Gasteiger partial charge is 0.193 e. The molecule has 1 aliphatic heterocycles. The van der Waals surface area contributed by atoms with Crippen LogP contribution in [0.1, 0.15) is 38.7 Å². The predicted octanol–water partition coefficient (Wildman–Crippen LogP) is 4.08. The molecule has 1 heterocycles. The van der Waals surface area contributed by atoms with E-state index in [2.05, 4.69) is 48.1 Å². The molecule has 0 spiro atoms. The molecule has 0 saturated carbocycles. The summed E-state index contributed by atoms with van der Waals surface area (Å²) in [5.74, 6) is 1.99. The molecule has 4 nitrogen and oxygen atoms in total. The number of aryl methyl sites for hydroxylation is 1. The Balaban J connectivity index is 0.00000288. The van der Waals surface area contributed by atoms with Crippen molar-refractivity contribution >= 4 is 29.9 Å². The number of aliphatic imine (C=N–C) groups is 1. The second kappa shape index (κ2) is 10.1. The summed E-state index contributed by atoms with van der Waals surface area (Å²) in [6, 6.07) is 8.23. The first-order chi connectivity index (χ1) is 11.0. The van der Waals surface area contributed by atoms with E-state index in [0.717, 1.165) is 50.8 Å². The van der Waals surface area contributed by atoms with Crippen LogP contribution in [-0.2, 0) is 0 Å². The lowest BCUT2D eigenvalue weighted by Crippen LogP contribution is -2.41. The van der Waals surface area contributed by atoms with E-state index >= 15 is 0 Å². The standard InChI is InChI=1S/C19H31N3O.HI/c1-16-7-9-17(10-8-16)23-14-6-5-12-21-18(20-4)22-13-11-19(2,3)15-22;/h7-10H,5-6,11-15H2,1-4H3,(H,20,21);1H. The number of likely N-dealkylation sites (tertiary alicyclic amines) is 1. The molecule has 0 atom stereocenters. The topological polar surface area (TPSA) is 36.9 Å². The van der Waals surface area contributed by atoms with Crippen molar-refractivity contribution in [3.8, 4) is 5.75 Å². The van der Waals surface area contributed by atoms with E-state index < -0.39 is 0 Å². The van der Waals surface area contributed by atoms with E-state index in [1.165, 1.54) is 12.0 Å². The molecule has 2 rings (SSSR count). The molecule has 0 amide bonds. The number of benzene rings is 1. The van der Waals surface area contributed by atoms with Gasteiger partial charge in [0.15, 0.2) is 5.96 Å². The molecule has 24 heavy (non-hydrogen) atoms. The number of nitrogens with one attached hydrogen (secondary N) is 1. The highest BCUT2D eigenvalue weighted by Gasteiger charge is 2.30. The number of unbranched alkanes of at least 4 members (excludes halogenated alkanes) is 1. The SMILES string of the molecule is CN=C(NCCCCOc1ccc(C)cc1)N1CCC(C)(C)C1.I. The zero-order chi connectivity index (χ0) is 16.7. The average Bonchev–Trinajstić information content (AvgIpc) is 2.88. The number of nitrogens with zero attached hydrogens (tertiary/aromatic N) is 2. The zero-order valence-electron chi connectivity index (χ0n) is 15.5. The first kappa shape index (κ1) is 21.1. The van der Waals surface area contributed by atoms with Crippen molar-refractivity contribution in [3.63, 3.8) is 0 Å². The minimum atomic E-state index is 0. The van der Waals surface area contributed by atoms with Gasteiger partial charge in [0.2, 0.25) is 0 Å². The highest BCUT2D eigenvalue weighted by atomic mass is 127. The molecule has 1 aromatic carbocycles. The number of hydrogen-bond acceptors (Lipinski definition) is 2. The van der Waals surface area contributed by atoms with Crippen LogP contribution in [0.25, 0.3) is 0 Å². The molecule has 0 aromatic heterocycles. The first-order valence-corrected chi connectivity index (χ1v) is 8.65. The maximum absolute atomic E-state index is 5.75. The molecule has 136 valence electrons. The Bertz CT molecular complexity index is 514. The van der Waals surface area contributed by atoms with Gasteiger partial charge in [-0.25, -0.2) is 0 Å². The van der Waals surface area contributed by atoms with Crippen LogP contribution in [-0.4, -0.2) is 44.1 Å². The lowest BCUT2D eigenvalue weighted by molar-refractivity contribution is 0.306. The summed E-state index contributed by atoms with van der Waals surface area (Å²) in [6.45, 7) is 10.6. The van der Waals surface area contributed by atoms with Gasteiger partial charge in [-0.3, -0.25) is 4.99 Å². The molecule has 1 N–H and O–H groups in total. The normalized spacial score (nSPS) is 16.7. The lowest BCUT2D eigenvalue weighted by Gasteiger charge is -2.23. The van der Waals surface area contributed by atoms with Gasteiger partial charge in [0, 0.05) is 26.7 Å². The first-order valence-electron chi connectivity index (χ1n) is 8.65. The molecule has 0 unspecified atom stereocenters. The Kier molecular flexibility index (Phi) is 8.87. The van der Waals surface area contributed by atoms with Crippen molar-refractivity contribution in [3.05, 3.63) is 29.8 Å². The van der Waals surface area contributed by atoms with Crippen LogP contribution in [0.15, 0.2) is 29.3 Å². The second-order valence-electron chi connectivity index (χ2n) is 7.18. The third-order valence-electron chi connectivity index (χ3n) is 4.33. The molecule has 0 radical (unpaired) electrons. The maximum atomic E-state index is 5.75. The Labute approximate surface area is 164 Å². The van der Waals surface area contributed by atoms with Crippen LogP contribution < -0.4 is 10.1 Å². The fraction of sp³-hybridized carbons (Fsp3) is 0.632. The molecule has 0 aliphatic carbocycles. The summed E-state index contributed by atoms with van der Waals surface area (Å²) in [4.78, 5) is 6.77. The van der Waals surface area contributed by atoms with E-state index in [1.807, 2.05) is 19.2 Å². The molecule has 1 saturated heterocycles. The number of guanidine groups is 1. The van der Waals surface area contributed by atoms with Gasteiger partial charge in [0.05, 0.1) is 6.61 Å². The predicted molar refractivity (Wildman–Crippen MR) is 113 cm³/mol. The number of halogens is 1. The molecule has 1 fully saturated rings. The molecular formula is C19H32IN3O. The van der Waals surface area contributed by atoms with Crippen LogP contribution in [0.2, 0.25) is 0 Å². The summed E-state index contributed by atoms with van der Waals surface area (Å²) in [7, 11) is 1.87. The molecular weight excluding hydrogens is 413 g/mol. The van der Waals surface area contributed by atoms with Gasteiger partial charge in [-0.15, -0.1) is 24.0 Å². The van der Waals surface area contributed by atoms with Crippen molar-refractivity contribution in [1.82, 2.24) is 10.2 Å². The van der Waals surface area contributed by atoms with Crippen LogP contribution >= 0.6 is 24.0 Å². The summed E-state index contributed by atoms with van der Waals surface area (Å²) >= 11 is 0. The van der Waals surface area contributed by atoms with Gasteiger partial charge in [0.25, 0.3) is 0 Å². The van der Waals surface area contributed by atoms with Crippen LogP contribution in [0, 0.1) is 12.3 Å². The largest absolute Gasteiger partial charge is 0.494 e. The van der Waals surface area contributed by atoms with E-state index in [4.69, 9.17) is 4.74 Å². The number of ether oxygens (including phenoxy) is 1. The molecule has 5 heteroatoms. The van der Waals surface area contributed by atoms with Gasteiger partial charge in [-0.05, 0) is 43.7 Å². The second-order valence-corrected chi connectivity index (χ2v) is 7.18. The Hall–Kier alpha value is -0.980. The third kappa shape index (κ3) is 6.87. The lowest BCUT2D eigenvalue weighted by atomic mass is 9.93. The summed E-state index contributed by atoms with van der Waals surface area (Å²) in [5.41, 5.74) is 1.66. The molecule has 0 bridgehead atoms. The van der Waals surface area contributed by atoms with Crippen LogP contribution in [0.3, 0.4) is 0 Å². The summed E-state index contributed by atoms with van der Waals surface area (Å²) in [6.07, 6.45) is 3.36. The highest BCUT2D eigenvalue weighted by molar-refractivity contribution is 14.0. The van der Waals surface area contributed by atoms with Gasteiger partial charge in [-0.2, -0.15) is 0 Å². The van der Waals surface area contributed by atoms with E-state index in [-0.39, 0.29) is 24.0 Å². The average molecular weight is 445 g/mol. The van der Waals surface area contributed by atoms with Crippen molar-refractivity contribution in [2.24, 2.45) is 10.4 Å². The van der Waals surface area contributed by atoms with Crippen LogP contribution in [0.4, 0.5) is 0 Å². The Morgan fingerprint density at radius 2 is 1.96 bits per heavy atom. The summed E-state index contributed by atoms with van der Waals surface area (Å²) in [5, 5.41) is 3.48. The van der Waals surface area contributed by atoms with Gasteiger partial charge in [0.1, 0.15) is 5.75 Å². The highest BCUT2D eigenvalue weighted by Crippen LogP contribution is 2.28. The van der Waals surface area contributed by atoms with E-state index in [1.54, 1.807) is 0 Å². The minimum Gasteiger partial charge on any atom is -0.494 e. The minimum absolute atomic E-state index is 0. The summed E-state index contributed by atoms with van der Waals surface area (Å²) < 4.78 is 5.75. The molecule has 1 aromatic rings. The molecule has 1 aliphatic rings. The Morgan fingerprint density at radius 3 is 2.54 bits per heavy atom. The van der Waals surface area contributed by atoms with E-state index in [0.29, 0.717) is 5.41 Å². The quantitative estimate of drug-likeness (QED) is 0.310. The van der Waals surface area contributed by atoms with E-state index in [9.17, 15) is 0 Å². The zero-order valence-corrected chi connectivity index (χ0v) is 17.8. The van der Waals surface area contributed by atoms with Gasteiger partial charge < -0.3 is 15.0 Å². The van der Waals surface area contributed by atoms with Crippen LogP contribution in [0.5, 0.6) is 5.75 Å². The van der Waals surface area contributed by atoms with Gasteiger partial charge in [-0.1, -0.05) is 31.5 Å². The number of rotatable bonds is 6. The van der Waals surface area contributed by atoms with Gasteiger partial charge >= 0.3 is 0 Å². The van der Waals surface area contributed by atoms with Crippen molar-refractivity contribution < 1.29 is 4.74 Å². The fourth-order valence-electron chi connectivity index (χ4n) is 2.88. The number of hydrogen-bond donors (Lipinski definition) is 1.